The largest absolute Gasteiger partial charge is 1.00 e. The molecule has 0 bridgehead atoms. The number of hydrogen-bond acceptors (Lipinski definition) is 5. The Balaban J connectivity index is 0. The fraction of sp³-hybridized carbons (Fsp3) is 0.444. The Hall–Kier alpha value is -0.300. The van der Waals surface area contributed by atoms with Crippen LogP contribution in [0.4, 0.5) is 11.4 Å². The van der Waals surface area contributed by atoms with Crippen molar-refractivity contribution in [1.29, 1.82) is 0 Å². The predicted molar refractivity (Wildman–Crippen MR) is 62.7 cm³/mol. The van der Waals surface area contributed by atoms with Gasteiger partial charge in [-0.05, 0) is 13.2 Å². The van der Waals surface area contributed by atoms with Gasteiger partial charge in [0.2, 0.25) is 0 Å². The Kier molecular flexibility index (Phi) is 6.98. The summed E-state index contributed by atoms with van der Waals surface area (Å²) in [7, 11) is 1.83. The maximum atomic E-state index is 10.8. The summed E-state index contributed by atoms with van der Waals surface area (Å²) in [5.74, 6) is 0. The summed E-state index contributed by atoms with van der Waals surface area (Å²) in [4.78, 5) is 16.2. The topological polar surface area (TPSA) is 59.3 Å². The van der Waals surface area contributed by atoms with Crippen molar-refractivity contribution in [3.63, 3.8) is 0 Å². The van der Waals surface area contributed by atoms with Crippen molar-refractivity contribution in [2.45, 2.75) is 11.9 Å². The van der Waals surface area contributed by atoms with Crippen LogP contribution in [-0.4, -0.2) is 29.8 Å². The standard InChI is InChI=1S/C9H13N3O2S.Na.H/c1-4-11(2)7-5-9(15-3)10-6-8(7)12(13)14;;/h5-6H,4H2,1-3H3;;/q;+1;-1. The molecular formula is C9H14N3NaO2S. The molecule has 0 spiro atoms. The molecule has 0 fully saturated rings. The average Bonchev–Trinajstić information content (AvgIpc) is 2.26. The number of hydrogen-bond donors (Lipinski definition) is 0. The van der Waals surface area contributed by atoms with Crippen LogP contribution in [-0.2, 0) is 0 Å². The van der Waals surface area contributed by atoms with Crippen LogP contribution in [0.5, 0.6) is 0 Å². The maximum absolute atomic E-state index is 10.8. The fourth-order valence-electron chi connectivity index (χ4n) is 1.15. The molecule has 0 saturated heterocycles. The minimum atomic E-state index is -0.404. The summed E-state index contributed by atoms with van der Waals surface area (Å²) in [5.41, 5.74) is 0.666. The van der Waals surface area contributed by atoms with Crippen molar-refractivity contribution < 1.29 is 35.9 Å². The normalized spacial score (nSPS) is 9.44. The Labute approximate surface area is 123 Å². The van der Waals surface area contributed by atoms with Crippen molar-refractivity contribution in [2.75, 3.05) is 24.7 Å². The van der Waals surface area contributed by atoms with E-state index in [9.17, 15) is 10.1 Å². The number of thioether (sulfide) groups is 1. The molecule has 1 aromatic rings. The first-order chi connectivity index (χ1) is 7.10. The molecular weight excluding hydrogens is 237 g/mol. The number of nitrogens with zero attached hydrogens (tertiary/aromatic N) is 3. The summed E-state index contributed by atoms with van der Waals surface area (Å²) >= 11 is 1.47. The van der Waals surface area contributed by atoms with Gasteiger partial charge in [-0.15, -0.1) is 11.8 Å². The molecule has 0 aliphatic carbocycles. The van der Waals surface area contributed by atoms with Gasteiger partial charge in [0.25, 0.3) is 0 Å². The van der Waals surface area contributed by atoms with Crippen molar-refractivity contribution in [2.24, 2.45) is 0 Å². The van der Waals surface area contributed by atoms with Crippen molar-refractivity contribution in [3.8, 4) is 0 Å². The van der Waals surface area contributed by atoms with E-state index in [1.807, 2.05) is 25.1 Å². The average molecular weight is 251 g/mol. The quantitative estimate of drug-likeness (QED) is 0.306. The molecule has 0 radical (unpaired) electrons. The Morgan fingerprint density at radius 1 is 1.69 bits per heavy atom. The van der Waals surface area contributed by atoms with E-state index in [0.29, 0.717) is 5.69 Å². The molecule has 1 heterocycles. The molecule has 0 atom stereocenters. The van der Waals surface area contributed by atoms with Crippen LogP contribution < -0.4 is 34.5 Å². The first kappa shape index (κ1) is 15.7. The van der Waals surface area contributed by atoms with E-state index in [4.69, 9.17) is 0 Å². The first-order valence-electron chi connectivity index (χ1n) is 4.49. The van der Waals surface area contributed by atoms with Gasteiger partial charge in [-0.1, -0.05) is 0 Å². The van der Waals surface area contributed by atoms with Crippen molar-refractivity contribution in [3.05, 3.63) is 22.4 Å². The third-order valence-electron chi connectivity index (χ3n) is 2.13. The summed E-state index contributed by atoms with van der Waals surface area (Å²) in [6.45, 7) is 2.67. The van der Waals surface area contributed by atoms with Crippen LogP contribution in [0.2, 0.25) is 0 Å². The van der Waals surface area contributed by atoms with E-state index in [1.165, 1.54) is 18.0 Å². The zero-order chi connectivity index (χ0) is 11.4. The molecule has 16 heavy (non-hydrogen) atoms. The third kappa shape index (κ3) is 3.62. The van der Waals surface area contributed by atoms with E-state index in [0.717, 1.165) is 11.6 Å². The molecule has 5 nitrogen and oxygen atoms in total. The second-order valence-electron chi connectivity index (χ2n) is 2.99. The Morgan fingerprint density at radius 3 is 2.75 bits per heavy atom. The third-order valence-corrected chi connectivity index (χ3v) is 2.77. The molecule has 0 N–H and O–H groups in total. The van der Waals surface area contributed by atoms with Gasteiger partial charge in [-0.3, -0.25) is 10.1 Å². The number of anilines is 1. The van der Waals surface area contributed by atoms with E-state index >= 15 is 0 Å². The van der Waals surface area contributed by atoms with Crippen LogP contribution in [0.1, 0.15) is 8.35 Å². The van der Waals surface area contributed by atoms with E-state index in [1.54, 1.807) is 6.07 Å². The van der Waals surface area contributed by atoms with Crippen LogP contribution in [0.3, 0.4) is 0 Å². The van der Waals surface area contributed by atoms with Gasteiger partial charge >= 0.3 is 35.2 Å². The minimum Gasteiger partial charge on any atom is -1.00 e. The number of rotatable bonds is 4. The SMILES string of the molecule is CCN(C)c1cc(SC)ncc1[N+](=O)[O-].[H-].[Na+]. The zero-order valence-electron chi connectivity index (χ0n) is 10.9. The monoisotopic (exact) mass is 251 g/mol. The van der Waals surface area contributed by atoms with Gasteiger partial charge in [0.05, 0.1) is 9.95 Å². The van der Waals surface area contributed by atoms with Crippen LogP contribution >= 0.6 is 11.8 Å². The molecule has 84 valence electrons. The molecule has 0 aromatic carbocycles. The van der Waals surface area contributed by atoms with E-state index in [2.05, 4.69) is 4.98 Å². The smallest absolute Gasteiger partial charge is 1.00 e. The second kappa shape index (κ2) is 7.11. The Bertz CT molecular complexity index is 381. The summed E-state index contributed by atoms with van der Waals surface area (Å²) in [6.07, 6.45) is 3.21. The molecule has 0 amide bonds. The molecule has 0 aliphatic rings. The van der Waals surface area contributed by atoms with E-state index in [-0.39, 0.29) is 36.7 Å². The minimum absolute atomic E-state index is 0. The van der Waals surface area contributed by atoms with Gasteiger partial charge in [0.1, 0.15) is 11.9 Å². The molecule has 7 heteroatoms. The maximum Gasteiger partial charge on any atom is 1.00 e. The predicted octanol–water partition coefficient (Wildman–Crippen LogP) is -0.716. The van der Waals surface area contributed by atoms with Crippen LogP contribution in [0, 0.1) is 10.1 Å². The van der Waals surface area contributed by atoms with Crippen LogP contribution in [0.25, 0.3) is 0 Å². The van der Waals surface area contributed by atoms with E-state index < -0.39 is 4.92 Å². The molecule has 0 unspecified atom stereocenters. The van der Waals surface area contributed by atoms with Gasteiger partial charge in [0, 0.05) is 19.7 Å². The first-order valence-corrected chi connectivity index (χ1v) is 5.72. The molecule has 0 saturated carbocycles. The summed E-state index contributed by atoms with van der Waals surface area (Å²) in [5, 5.41) is 11.6. The Morgan fingerprint density at radius 2 is 2.31 bits per heavy atom. The van der Waals surface area contributed by atoms with Gasteiger partial charge in [0.15, 0.2) is 0 Å². The molecule has 1 aromatic heterocycles. The molecule has 1 rings (SSSR count). The fourth-order valence-corrected chi connectivity index (χ4v) is 1.54. The summed E-state index contributed by atoms with van der Waals surface area (Å²) < 4.78 is 0. The zero-order valence-corrected chi connectivity index (χ0v) is 12.7. The van der Waals surface area contributed by atoms with Crippen LogP contribution in [0.15, 0.2) is 17.3 Å². The number of pyridine rings is 1. The second-order valence-corrected chi connectivity index (χ2v) is 3.81. The van der Waals surface area contributed by atoms with Gasteiger partial charge in [-0.25, -0.2) is 4.98 Å². The summed E-state index contributed by atoms with van der Waals surface area (Å²) in [6, 6.07) is 1.74. The van der Waals surface area contributed by atoms with Gasteiger partial charge < -0.3 is 6.33 Å². The molecule has 0 aliphatic heterocycles. The number of nitro groups is 1. The van der Waals surface area contributed by atoms with Crippen molar-refractivity contribution >= 4 is 23.1 Å². The van der Waals surface area contributed by atoms with Gasteiger partial charge in [-0.2, -0.15) is 0 Å². The number of aromatic nitrogens is 1. The van der Waals surface area contributed by atoms with Crippen molar-refractivity contribution in [1.82, 2.24) is 4.98 Å².